The van der Waals surface area contributed by atoms with Crippen LogP contribution in [-0.2, 0) is 0 Å². The van der Waals surface area contributed by atoms with E-state index in [0.717, 1.165) is 24.8 Å². The number of nitrogens with one attached hydrogen (secondary N) is 1. The number of ether oxygens (including phenoxy) is 1. The second kappa shape index (κ2) is 5.09. The van der Waals surface area contributed by atoms with Gasteiger partial charge in [0.2, 0.25) is 0 Å². The summed E-state index contributed by atoms with van der Waals surface area (Å²) in [6.45, 7) is 10.5. The van der Waals surface area contributed by atoms with Gasteiger partial charge >= 0.3 is 0 Å². The first-order chi connectivity index (χ1) is 8.11. The Hall–Kier alpha value is -1.02. The first-order valence-electron chi connectivity index (χ1n) is 6.59. The average molecular weight is 233 g/mol. The van der Waals surface area contributed by atoms with Gasteiger partial charge in [-0.15, -0.1) is 0 Å². The van der Waals surface area contributed by atoms with Gasteiger partial charge < -0.3 is 10.1 Å². The molecule has 1 saturated heterocycles. The van der Waals surface area contributed by atoms with Crippen molar-refractivity contribution in [3.63, 3.8) is 0 Å². The molecule has 0 saturated carbocycles. The summed E-state index contributed by atoms with van der Waals surface area (Å²) in [7, 11) is 0. The lowest BCUT2D eigenvalue weighted by Crippen LogP contribution is -2.15. The summed E-state index contributed by atoms with van der Waals surface area (Å²) in [4.78, 5) is 0. The summed E-state index contributed by atoms with van der Waals surface area (Å²) < 4.78 is 5.78. The van der Waals surface area contributed by atoms with E-state index in [1.54, 1.807) is 0 Å². The molecule has 94 valence electrons. The Bertz CT molecular complexity index is 400. The first-order valence-corrected chi connectivity index (χ1v) is 6.59. The summed E-state index contributed by atoms with van der Waals surface area (Å²) in [6.07, 6.45) is 1.21. The lowest BCUT2D eigenvalue weighted by atomic mass is 9.96. The van der Waals surface area contributed by atoms with Crippen LogP contribution in [0.1, 0.15) is 43.0 Å². The van der Waals surface area contributed by atoms with Gasteiger partial charge in [-0.3, -0.25) is 0 Å². The SMILES string of the molecule is CCOc1cc(C)c(C)cc1[C@@H]1C[C@H](C)CN1. The molecule has 2 heteroatoms. The van der Waals surface area contributed by atoms with Crippen molar-refractivity contribution in [2.45, 2.75) is 40.2 Å². The Morgan fingerprint density at radius 3 is 2.59 bits per heavy atom. The van der Waals surface area contributed by atoms with E-state index >= 15 is 0 Å². The standard InChI is InChI=1S/C15H23NO/c1-5-17-15-8-12(4)11(3)7-13(15)14-6-10(2)9-16-14/h7-8,10,14,16H,5-6,9H2,1-4H3/t10-,14-/m0/s1. The highest BCUT2D eigenvalue weighted by molar-refractivity contribution is 5.44. The zero-order chi connectivity index (χ0) is 12.4. The third-order valence-electron chi connectivity index (χ3n) is 3.65. The van der Waals surface area contributed by atoms with Crippen LogP contribution < -0.4 is 10.1 Å². The van der Waals surface area contributed by atoms with E-state index in [9.17, 15) is 0 Å². The first kappa shape index (κ1) is 12.4. The van der Waals surface area contributed by atoms with Crippen LogP contribution in [0.25, 0.3) is 0 Å². The van der Waals surface area contributed by atoms with Crippen molar-refractivity contribution in [3.8, 4) is 5.75 Å². The minimum absolute atomic E-state index is 0.464. The fourth-order valence-corrected chi connectivity index (χ4v) is 2.51. The van der Waals surface area contributed by atoms with Gasteiger partial charge in [0.05, 0.1) is 6.61 Å². The molecule has 0 spiro atoms. The van der Waals surface area contributed by atoms with Crippen molar-refractivity contribution < 1.29 is 4.74 Å². The minimum atomic E-state index is 0.464. The number of rotatable bonds is 3. The molecular formula is C15H23NO. The number of hydrogen-bond donors (Lipinski definition) is 1. The smallest absolute Gasteiger partial charge is 0.124 e. The quantitative estimate of drug-likeness (QED) is 0.864. The second-order valence-corrected chi connectivity index (χ2v) is 5.21. The Kier molecular flexibility index (Phi) is 3.72. The van der Waals surface area contributed by atoms with E-state index in [1.165, 1.54) is 23.1 Å². The Morgan fingerprint density at radius 2 is 2.00 bits per heavy atom. The average Bonchev–Trinajstić information content (AvgIpc) is 2.70. The highest BCUT2D eigenvalue weighted by atomic mass is 16.5. The molecular weight excluding hydrogens is 210 g/mol. The van der Waals surface area contributed by atoms with Crippen molar-refractivity contribution in [2.24, 2.45) is 5.92 Å². The molecule has 1 aliphatic rings. The maximum atomic E-state index is 5.78. The predicted octanol–water partition coefficient (Wildman–Crippen LogP) is 3.37. The van der Waals surface area contributed by atoms with Crippen LogP contribution in [0.5, 0.6) is 5.75 Å². The van der Waals surface area contributed by atoms with Crippen molar-refractivity contribution in [1.82, 2.24) is 5.32 Å². The molecule has 1 aliphatic heterocycles. The summed E-state index contributed by atoms with van der Waals surface area (Å²) in [5, 5.41) is 3.59. The van der Waals surface area contributed by atoms with Gasteiger partial charge in [-0.1, -0.05) is 13.0 Å². The van der Waals surface area contributed by atoms with E-state index < -0.39 is 0 Å². The molecule has 2 nitrogen and oxygen atoms in total. The topological polar surface area (TPSA) is 21.3 Å². The maximum absolute atomic E-state index is 5.78. The monoisotopic (exact) mass is 233 g/mol. The second-order valence-electron chi connectivity index (χ2n) is 5.21. The molecule has 0 bridgehead atoms. The molecule has 0 aromatic heterocycles. The lowest BCUT2D eigenvalue weighted by Gasteiger charge is -2.18. The fraction of sp³-hybridized carbons (Fsp3) is 0.600. The van der Waals surface area contributed by atoms with Gasteiger partial charge in [-0.2, -0.15) is 0 Å². The van der Waals surface area contributed by atoms with Crippen molar-refractivity contribution >= 4 is 0 Å². The van der Waals surface area contributed by atoms with Crippen LogP contribution >= 0.6 is 0 Å². The van der Waals surface area contributed by atoms with E-state index in [-0.39, 0.29) is 0 Å². The van der Waals surface area contributed by atoms with Gasteiger partial charge in [0.1, 0.15) is 5.75 Å². The molecule has 1 heterocycles. The summed E-state index contributed by atoms with van der Waals surface area (Å²) in [6, 6.07) is 4.93. The largest absolute Gasteiger partial charge is 0.494 e. The van der Waals surface area contributed by atoms with Gasteiger partial charge in [-0.25, -0.2) is 0 Å². The fourth-order valence-electron chi connectivity index (χ4n) is 2.51. The van der Waals surface area contributed by atoms with E-state index in [0.29, 0.717) is 6.04 Å². The molecule has 1 aromatic carbocycles. The summed E-state index contributed by atoms with van der Waals surface area (Å²) in [5.74, 6) is 1.82. The van der Waals surface area contributed by atoms with E-state index in [2.05, 4.69) is 38.2 Å². The van der Waals surface area contributed by atoms with Gasteiger partial charge in [0.25, 0.3) is 0 Å². The molecule has 1 aromatic rings. The predicted molar refractivity (Wildman–Crippen MR) is 71.6 cm³/mol. The van der Waals surface area contributed by atoms with E-state index in [4.69, 9.17) is 4.74 Å². The van der Waals surface area contributed by atoms with Crippen LogP contribution in [0.2, 0.25) is 0 Å². The normalized spacial score (nSPS) is 24.0. The Balaban J connectivity index is 2.33. The number of aryl methyl sites for hydroxylation is 2. The van der Waals surface area contributed by atoms with Gasteiger partial charge in [0, 0.05) is 11.6 Å². The molecule has 0 unspecified atom stereocenters. The van der Waals surface area contributed by atoms with Crippen LogP contribution in [-0.4, -0.2) is 13.2 Å². The van der Waals surface area contributed by atoms with Crippen LogP contribution in [0.4, 0.5) is 0 Å². The van der Waals surface area contributed by atoms with Crippen molar-refractivity contribution in [1.29, 1.82) is 0 Å². The molecule has 1 fully saturated rings. The minimum Gasteiger partial charge on any atom is -0.494 e. The third kappa shape index (κ3) is 2.63. The van der Waals surface area contributed by atoms with Crippen molar-refractivity contribution in [2.75, 3.05) is 13.2 Å². The molecule has 1 N–H and O–H groups in total. The number of hydrogen-bond acceptors (Lipinski definition) is 2. The highest BCUT2D eigenvalue weighted by Crippen LogP contribution is 2.34. The summed E-state index contributed by atoms with van der Waals surface area (Å²) >= 11 is 0. The Morgan fingerprint density at radius 1 is 1.29 bits per heavy atom. The maximum Gasteiger partial charge on any atom is 0.124 e. The van der Waals surface area contributed by atoms with Crippen LogP contribution in [0, 0.1) is 19.8 Å². The highest BCUT2D eigenvalue weighted by Gasteiger charge is 2.25. The van der Waals surface area contributed by atoms with Crippen LogP contribution in [0.15, 0.2) is 12.1 Å². The molecule has 17 heavy (non-hydrogen) atoms. The molecule has 0 amide bonds. The summed E-state index contributed by atoms with van der Waals surface area (Å²) in [5.41, 5.74) is 3.99. The van der Waals surface area contributed by atoms with E-state index in [1.807, 2.05) is 6.92 Å². The Labute approximate surface area is 104 Å². The third-order valence-corrected chi connectivity index (χ3v) is 3.65. The molecule has 0 radical (unpaired) electrons. The number of benzene rings is 1. The lowest BCUT2D eigenvalue weighted by molar-refractivity contribution is 0.332. The van der Waals surface area contributed by atoms with Gasteiger partial charge in [0.15, 0.2) is 0 Å². The van der Waals surface area contributed by atoms with Crippen LogP contribution in [0.3, 0.4) is 0 Å². The molecule has 2 rings (SSSR count). The zero-order valence-corrected chi connectivity index (χ0v) is 11.3. The van der Waals surface area contributed by atoms with Gasteiger partial charge in [-0.05, 0) is 56.8 Å². The molecule has 0 aliphatic carbocycles. The van der Waals surface area contributed by atoms with Crippen molar-refractivity contribution in [3.05, 3.63) is 28.8 Å². The zero-order valence-electron chi connectivity index (χ0n) is 11.3. The molecule has 2 atom stereocenters.